The number of aromatic nitrogens is 2. The first-order valence-electron chi connectivity index (χ1n) is 5.04. The van der Waals surface area contributed by atoms with Gasteiger partial charge in [0.25, 0.3) is 5.91 Å². The van der Waals surface area contributed by atoms with Gasteiger partial charge in [0, 0.05) is 12.4 Å². The van der Waals surface area contributed by atoms with E-state index in [1.807, 2.05) is 0 Å². The van der Waals surface area contributed by atoms with Crippen molar-refractivity contribution in [3.05, 3.63) is 48.2 Å². The van der Waals surface area contributed by atoms with Crippen molar-refractivity contribution in [1.82, 2.24) is 9.97 Å². The van der Waals surface area contributed by atoms with Gasteiger partial charge in [-0.05, 0) is 29.3 Å². The number of nitrogens with one attached hydrogen (secondary N) is 1. The van der Waals surface area contributed by atoms with E-state index in [-0.39, 0.29) is 16.3 Å². The third-order valence-corrected chi connectivity index (χ3v) is 2.79. The van der Waals surface area contributed by atoms with Crippen molar-refractivity contribution < 1.29 is 17.9 Å². The van der Waals surface area contributed by atoms with Crippen molar-refractivity contribution in [2.24, 2.45) is 0 Å². The highest BCUT2D eigenvalue weighted by atomic mass is 32.2. The Morgan fingerprint density at radius 3 is 2.89 bits per heavy atom. The molecule has 0 saturated heterocycles. The summed E-state index contributed by atoms with van der Waals surface area (Å²) < 4.78 is 34.7. The van der Waals surface area contributed by atoms with Gasteiger partial charge in [0.2, 0.25) is 0 Å². The molecule has 1 N–H and O–H groups in total. The molecule has 1 amide bonds. The Bertz CT molecular complexity index is 651. The van der Waals surface area contributed by atoms with Crippen LogP contribution < -0.4 is 5.32 Å². The molecule has 0 aliphatic rings. The van der Waals surface area contributed by atoms with E-state index in [4.69, 9.17) is 0 Å². The largest absolute Gasteiger partial charge is 0.767 e. The maximum atomic E-state index is 12.9. The normalized spacial score (nSPS) is 11.9. The average Bonchev–Trinajstić information content (AvgIpc) is 2.39. The smallest absolute Gasteiger partial charge is 0.257 e. The Hall–Kier alpha value is -2.19. The molecule has 0 aliphatic carbocycles. The van der Waals surface area contributed by atoms with Crippen LogP contribution in [-0.4, -0.2) is 24.6 Å². The Morgan fingerprint density at radius 1 is 1.42 bits per heavy atom. The predicted octanol–water partition coefficient (Wildman–Crippen LogP) is 1.11. The summed E-state index contributed by atoms with van der Waals surface area (Å²) in [6, 6.07) is 3.84. The molecule has 0 spiro atoms. The zero-order chi connectivity index (χ0) is 13.8. The predicted molar refractivity (Wildman–Crippen MR) is 63.6 cm³/mol. The summed E-state index contributed by atoms with van der Waals surface area (Å²) in [6.45, 7) is 0. The van der Waals surface area contributed by atoms with Crippen LogP contribution in [0.3, 0.4) is 0 Å². The minimum absolute atomic E-state index is 0.0186. The highest BCUT2D eigenvalue weighted by Crippen LogP contribution is 2.16. The van der Waals surface area contributed by atoms with Gasteiger partial charge in [-0.2, -0.15) is 0 Å². The molecule has 2 aromatic heterocycles. The number of halogens is 1. The lowest BCUT2D eigenvalue weighted by Crippen LogP contribution is -2.14. The lowest BCUT2D eigenvalue weighted by molar-refractivity contribution is 0.102. The van der Waals surface area contributed by atoms with Gasteiger partial charge in [-0.15, -0.1) is 0 Å². The minimum atomic E-state index is -2.58. The topological polar surface area (TPSA) is 95.0 Å². The third kappa shape index (κ3) is 3.18. The van der Waals surface area contributed by atoms with Crippen LogP contribution in [0.1, 0.15) is 10.4 Å². The van der Waals surface area contributed by atoms with E-state index < -0.39 is 22.8 Å². The molecular weight excluding hydrogens is 273 g/mol. The molecule has 0 bridgehead atoms. The van der Waals surface area contributed by atoms with E-state index in [1.54, 1.807) is 0 Å². The molecule has 6 nitrogen and oxygen atoms in total. The second kappa shape index (κ2) is 5.63. The lowest BCUT2D eigenvalue weighted by Gasteiger charge is -2.11. The van der Waals surface area contributed by atoms with Crippen LogP contribution in [0.25, 0.3) is 0 Å². The first-order chi connectivity index (χ1) is 9.08. The maximum Gasteiger partial charge on any atom is 0.257 e. The third-order valence-electron chi connectivity index (χ3n) is 2.14. The van der Waals surface area contributed by atoms with E-state index >= 15 is 0 Å². The molecule has 0 fully saturated rings. The van der Waals surface area contributed by atoms with E-state index in [2.05, 4.69) is 15.3 Å². The molecule has 2 rings (SSSR count). The van der Waals surface area contributed by atoms with Gasteiger partial charge in [0.15, 0.2) is 0 Å². The fourth-order valence-corrected chi connectivity index (χ4v) is 1.79. The molecule has 0 aromatic carbocycles. The average molecular weight is 280 g/mol. The van der Waals surface area contributed by atoms with Crippen molar-refractivity contribution in [3.8, 4) is 0 Å². The summed E-state index contributed by atoms with van der Waals surface area (Å²) in [6.07, 6.45) is 3.41. The number of anilines is 1. The van der Waals surface area contributed by atoms with Crippen LogP contribution in [0.5, 0.6) is 0 Å². The van der Waals surface area contributed by atoms with E-state index in [1.165, 1.54) is 24.5 Å². The van der Waals surface area contributed by atoms with Gasteiger partial charge in [-0.3, -0.25) is 14.0 Å². The van der Waals surface area contributed by atoms with Crippen LogP contribution >= 0.6 is 0 Å². The molecule has 98 valence electrons. The van der Waals surface area contributed by atoms with Gasteiger partial charge in [0.05, 0.1) is 17.4 Å². The molecular formula is C11H7FN3O3S-. The van der Waals surface area contributed by atoms with Crippen molar-refractivity contribution >= 4 is 22.7 Å². The Morgan fingerprint density at radius 2 is 2.21 bits per heavy atom. The highest BCUT2D eigenvalue weighted by molar-refractivity contribution is 7.79. The van der Waals surface area contributed by atoms with Gasteiger partial charge in [0.1, 0.15) is 10.8 Å². The molecule has 1 unspecified atom stereocenters. The van der Waals surface area contributed by atoms with E-state index in [0.717, 1.165) is 12.3 Å². The SMILES string of the molecule is O=C(Nc1cccnc1S(=O)[O-])c1cncc(F)c1. The first-order valence-corrected chi connectivity index (χ1v) is 6.11. The Kier molecular flexibility index (Phi) is 3.93. The lowest BCUT2D eigenvalue weighted by atomic mass is 10.2. The van der Waals surface area contributed by atoms with E-state index in [0.29, 0.717) is 0 Å². The Balaban J connectivity index is 2.27. The second-order valence-corrected chi connectivity index (χ2v) is 4.29. The second-order valence-electron chi connectivity index (χ2n) is 3.44. The molecule has 8 heteroatoms. The van der Waals surface area contributed by atoms with Crippen LogP contribution in [0.4, 0.5) is 10.1 Å². The molecule has 0 saturated carbocycles. The zero-order valence-electron chi connectivity index (χ0n) is 9.37. The number of pyridine rings is 2. The molecule has 19 heavy (non-hydrogen) atoms. The molecule has 2 heterocycles. The molecule has 0 radical (unpaired) electrons. The zero-order valence-corrected chi connectivity index (χ0v) is 10.2. The number of carbonyl (C=O) groups is 1. The highest BCUT2D eigenvalue weighted by Gasteiger charge is 2.11. The van der Waals surface area contributed by atoms with Crippen LogP contribution in [0.15, 0.2) is 41.8 Å². The first kappa shape index (κ1) is 13.2. The van der Waals surface area contributed by atoms with Gasteiger partial charge in [-0.1, -0.05) is 0 Å². The summed E-state index contributed by atoms with van der Waals surface area (Å²) in [4.78, 5) is 19.0. The van der Waals surface area contributed by atoms with Crippen LogP contribution in [0, 0.1) is 5.82 Å². The van der Waals surface area contributed by atoms with Crippen molar-refractivity contribution in [1.29, 1.82) is 0 Å². The number of nitrogens with zero attached hydrogens (tertiary/aromatic N) is 2. The Labute approximate surface area is 110 Å². The van der Waals surface area contributed by atoms with Crippen LogP contribution in [0.2, 0.25) is 0 Å². The number of amides is 1. The maximum absolute atomic E-state index is 12.9. The van der Waals surface area contributed by atoms with E-state index in [9.17, 15) is 17.9 Å². The number of rotatable bonds is 3. The fraction of sp³-hybridized carbons (Fsp3) is 0. The van der Waals surface area contributed by atoms with Gasteiger partial charge < -0.3 is 9.87 Å². The minimum Gasteiger partial charge on any atom is -0.767 e. The number of carbonyl (C=O) groups excluding carboxylic acids is 1. The summed E-state index contributed by atoms with van der Waals surface area (Å²) in [5.41, 5.74) is -0.00317. The molecule has 2 aromatic rings. The molecule has 0 aliphatic heterocycles. The van der Waals surface area contributed by atoms with Gasteiger partial charge >= 0.3 is 0 Å². The number of hydrogen-bond acceptors (Lipinski definition) is 5. The summed E-state index contributed by atoms with van der Waals surface area (Å²) in [5.74, 6) is -1.34. The quantitative estimate of drug-likeness (QED) is 0.850. The van der Waals surface area contributed by atoms with Crippen LogP contribution in [-0.2, 0) is 11.1 Å². The van der Waals surface area contributed by atoms with Crippen molar-refractivity contribution in [2.45, 2.75) is 5.03 Å². The summed E-state index contributed by atoms with van der Waals surface area (Å²) in [5, 5.41) is 2.04. The molecule has 1 atom stereocenters. The monoisotopic (exact) mass is 280 g/mol. The van der Waals surface area contributed by atoms with Crippen molar-refractivity contribution in [2.75, 3.05) is 5.32 Å². The number of hydrogen-bond donors (Lipinski definition) is 1. The van der Waals surface area contributed by atoms with Crippen molar-refractivity contribution in [3.63, 3.8) is 0 Å². The van der Waals surface area contributed by atoms with Gasteiger partial charge in [-0.25, -0.2) is 9.37 Å². The summed E-state index contributed by atoms with van der Waals surface area (Å²) in [7, 11) is 0. The summed E-state index contributed by atoms with van der Waals surface area (Å²) >= 11 is -2.58. The fourth-order valence-electron chi connectivity index (χ4n) is 1.35. The standard InChI is InChI=1S/C11H8FN3O3S/c12-8-4-7(5-13-6-8)10(16)15-9-2-1-3-14-11(9)19(17)18/h1-6H,(H,15,16)(H,17,18)/p-1.